The first-order valence-electron chi connectivity index (χ1n) is 10.9. The smallest absolute Gasteiger partial charge is 0.232 e. The van der Waals surface area contributed by atoms with Crippen molar-refractivity contribution in [2.24, 2.45) is 10.7 Å². The lowest BCUT2D eigenvalue weighted by atomic mass is 9.85. The van der Waals surface area contributed by atoms with Gasteiger partial charge in [0, 0.05) is 23.9 Å². The highest BCUT2D eigenvalue weighted by molar-refractivity contribution is 6.34. The van der Waals surface area contributed by atoms with E-state index in [2.05, 4.69) is 10.3 Å². The Kier molecular flexibility index (Phi) is 5.90. The number of aryl methyl sites for hydroxylation is 1. The maximum Gasteiger partial charge on any atom is 0.232 e. The molecule has 2 atom stereocenters. The number of aliphatic imine (C=N–C) groups is 1. The van der Waals surface area contributed by atoms with Crippen molar-refractivity contribution in [1.29, 1.82) is 0 Å². The number of anilines is 2. The molecule has 0 spiro atoms. The van der Waals surface area contributed by atoms with Gasteiger partial charge < -0.3 is 15.8 Å². The lowest BCUT2D eigenvalue weighted by molar-refractivity contribution is -0.136. The van der Waals surface area contributed by atoms with Crippen LogP contribution in [0.2, 0.25) is 5.02 Å². The van der Waals surface area contributed by atoms with Crippen LogP contribution in [0.3, 0.4) is 0 Å². The summed E-state index contributed by atoms with van der Waals surface area (Å²) < 4.78 is 5.80. The highest BCUT2D eigenvalue weighted by atomic mass is 35.5. The molecule has 1 fully saturated rings. The van der Waals surface area contributed by atoms with Crippen molar-refractivity contribution in [3.63, 3.8) is 0 Å². The molecule has 0 unspecified atom stereocenters. The molecule has 2 aliphatic rings. The summed E-state index contributed by atoms with van der Waals surface area (Å²) in [7, 11) is 0. The third-order valence-corrected chi connectivity index (χ3v) is 6.59. The average Bonchev–Trinajstić information content (AvgIpc) is 2.69. The van der Waals surface area contributed by atoms with Gasteiger partial charge in [0.25, 0.3) is 0 Å². The van der Waals surface area contributed by atoms with Crippen molar-refractivity contribution < 1.29 is 9.53 Å². The van der Waals surface area contributed by atoms with E-state index in [1.807, 2.05) is 58.0 Å². The van der Waals surface area contributed by atoms with Crippen LogP contribution in [-0.4, -0.2) is 40.0 Å². The Hall–Kier alpha value is -2.64. The van der Waals surface area contributed by atoms with Gasteiger partial charge in [0.2, 0.25) is 5.91 Å². The number of pyridine rings is 1. The molecule has 32 heavy (non-hydrogen) atoms. The fourth-order valence-corrected chi connectivity index (χ4v) is 4.94. The maximum absolute atomic E-state index is 13.3. The molecule has 2 aromatic rings. The SMILES string of the molecule is Cc1ccc(Nc2cccc([C@]3(C)CC(=O)N([C@H]4CCOC(C)(C)C4)C(N)=N3)c2Cl)cn1. The number of carbonyl (C=O) groups is 1. The van der Waals surface area contributed by atoms with Crippen LogP contribution in [0.15, 0.2) is 41.5 Å². The molecule has 3 N–H and O–H groups in total. The van der Waals surface area contributed by atoms with Crippen LogP contribution in [0.4, 0.5) is 11.4 Å². The Balaban J connectivity index is 1.63. The van der Waals surface area contributed by atoms with Gasteiger partial charge in [-0.3, -0.25) is 14.7 Å². The number of nitrogens with one attached hydrogen (secondary N) is 1. The first-order chi connectivity index (χ1) is 15.1. The number of benzene rings is 1. The largest absolute Gasteiger partial charge is 0.375 e. The number of aromatic nitrogens is 1. The summed E-state index contributed by atoms with van der Waals surface area (Å²) in [5, 5.41) is 3.82. The summed E-state index contributed by atoms with van der Waals surface area (Å²) in [5.74, 6) is 0.198. The van der Waals surface area contributed by atoms with Crippen molar-refractivity contribution in [1.82, 2.24) is 9.88 Å². The van der Waals surface area contributed by atoms with Crippen LogP contribution in [0.25, 0.3) is 0 Å². The molecule has 0 aliphatic carbocycles. The van der Waals surface area contributed by atoms with E-state index in [9.17, 15) is 4.79 Å². The van der Waals surface area contributed by atoms with Crippen molar-refractivity contribution in [2.45, 2.75) is 64.1 Å². The van der Waals surface area contributed by atoms with E-state index in [-0.39, 0.29) is 29.9 Å². The lowest BCUT2D eigenvalue weighted by Gasteiger charge is -2.44. The Labute approximate surface area is 194 Å². The highest BCUT2D eigenvalue weighted by Crippen LogP contribution is 2.42. The predicted octanol–water partition coefficient (Wildman–Crippen LogP) is 4.51. The van der Waals surface area contributed by atoms with Crippen molar-refractivity contribution in [3.8, 4) is 0 Å². The number of hydrogen-bond donors (Lipinski definition) is 2. The second-order valence-corrected chi connectivity index (χ2v) is 9.80. The molecule has 3 heterocycles. The van der Waals surface area contributed by atoms with E-state index in [0.29, 0.717) is 11.6 Å². The first-order valence-corrected chi connectivity index (χ1v) is 11.3. The molecule has 170 valence electrons. The summed E-state index contributed by atoms with van der Waals surface area (Å²) in [5.41, 5.74) is 8.48. The minimum Gasteiger partial charge on any atom is -0.375 e. The van der Waals surface area contributed by atoms with Gasteiger partial charge >= 0.3 is 0 Å². The van der Waals surface area contributed by atoms with Crippen molar-refractivity contribution in [2.75, 3.05) is 11.9 Å². The maximum atomic E-state index is 13.3. The molecule has 1 saturated heterocycles. The highest BCUT2D eigenvalue weighted by Gasteiger charge is 2.43. The van der Waals surface area contributed by atoms with Crippen LogP contribution in [-0.2, 0) is 15.1 Å². The summed E-state index contributed by atoms with van der Waals surface area (Å²) in [6.45, 7) is 8.51. The van der Waals surface area contributed by atoms with Gasteiger partial charge in [-0.1, -0.05) is 23.7 Å². The first kappa shape index (κ1) is 22.6. The zero-order valence-corrected chi connectivity index (χ0v) is 19.7. The summed E-state index contributed by atoms with van der Waals surface area (Å²) in [6.07, 6.45) is 3.41. The predicted molar refractivity (Wildman–Crippen MR) is 127 cm³/mol. The van der Waals surface area contributed by atoms with Crippen LogP contribution in [0.1, 0.15) is 51.3 Å². The summed E-state index contributed by atoms with van der Waals surface area (Å²) in [6, 6.07) is 9.55. The summed E-state index contributed by atoms with van der Waals surface area (Å²) >= 11 is 6.80. The van der Waals surface area contributed by atoms with Gasteiger partial charge in [-0.2, -0.15) is 0 Å². The molecule has 1 aromatic carbocycles. The fourth-order valence-electron chi connectivity index (χ4n) is 4.56. The molecule has 8 heteroatoms. The zero-order chi connectivity index (χ0) is 23.1. The number of nitrogens with two attached hydrogens (primary N) is 1. The molecule has 4 rings (SSSR count). The molecule has 1 amide bonds. The van der Waals surface area contributed by atoms with E-state index in [1.54, 1.807) is 11.1 Å². The number of nitrogens with zero attached hydrogens (tertiary/aromatic N) is 3. The van der Waals surface area contributed by atoms with E-state index < -0.39 is 5.54 Å². The third kappa shape index (κ3) is 4.45. The molecule has 0 bridgehead atoms. The second kappa shape index (κ2) is 8.37. The van der Waals surface area contributed by atoms with Crippen LogP contribution < -0.4 is 11.1 Å². The molecular weight excluding hydrogens is 426 g/mol. The Bertz CT molecular complexity index is 1050. The molecule has 0 saturated carbocycles. The van der Waals surface area contributed by atoms with Gasteiger partial charge in [0.15, 0.2) is 5.96 Å². The van der Waals surface area contributed by atoms with E-state index in [4.69, 9.17) is 27.1 Å². The fraction of sp³-hybridized carbons (Fsp3) is 0.458. The van der Waals surface area contributed by atoms with E-state index in [1.165, 1.54) is 0 Å². The number of rotatable bonds is 4. The normalized spacial score (nSPS) is 25.4. The molecular formula is C24H30ClN5O2. The number of guanidine groups is 1. The molecule has 0 radical (unpaired) electrons. The van der Waals surface area contributed by atoms with Gasteiger partial charge in [0.1, 0.15) is 0 Å². The minimum absolute atomic E-state index is 0.0166. The van der Waals surface area contributed by atoms with E-state index in [0.717, 1.165) is 35.5 Å². The van der Waals surface area contributed by atoms with Gasteiger partial charge in [0.05, 0.1) is 40.2 Å². The molecule has 1 aromatic heterocycles. The Morgan fingerprint density at radius 2 is 2.03 bits per heavy atom. The van der Waals surface area contributed by atoms with Gasteiger partial charge in [-0.05, 0) is 58.7 Å². The average molecular weight is 456 g/mol. The Morgan fingerprint density at radius 3 is 2.69 bits per heavy atom. The van der Waals surface area contributed by atoms with Gasteiger partial charge in [-0.15, -0.1) is 0 Å². The third-order valence-electron chi connectivity index (χ3n) is 6.18. The lowest BCUT2D eigenvalue weighted by Crippen LogP contribution is -2.57. The van der Waals surface area contributed by atoms with Crippen molar-refractivity contribution >= 4 is 34.8 Å². The standard InChI is InChI=1S/C24H30ClN5O2/c1-15-8-9-16(14-27-15)28-19-7-5-6-18(21(19)25)24(4)13-20(31)30(22(26)29-24)17-10-11-32-23(2,3)12-17/h5-9,14,17,28H,10-13H2,1-4H3,(H2,26,29)/t17-,24-/m0/s1. The quantitative estimate of drug-likeness (QED) is 0.707. The Morgan fingerprint density at radius 1 is 1.25 bits per heavy atom. The second-order valence-electron chi connectivity index (χ2n) is 9.42. The molecule has 2 aliphatic heterocycles. The van der Waals surface area contributed by atoms with Crippen LogP contribution >= 0.6 is 11.6 Å². The zero-order valence-electron chi connectivity index (χ0n) is 19.0. The monoisotopic (exact) mass is 455 g/mol. The van der Waals surface area contributed by atoms with Crippen LogP contribution in [0.5, 0.6) is 0 Å². The van der Waals surface area contributed by atoms with Gasteiger partial charge in [-0.25, -0.2) is 4.99 Å². The summed E-state index contributed by atoms with van der Waals surface area (Å²) in [4.78, 5) is 24.0. The topological polar surface area (TPSA) is 92.8 Å². The van der Waals surface area contributed by atoms with E-state index >= 15 is 0 Å². The minimum atomic E-state index is -0.849. The molecule has 7 nitrogen and oxygen atoms in total. The van der Waals surface area contributed by atoms with Crippen LogP contribution in [0, 0.1) is 6.92 Å². The van der Waals surface area contributed by atoms with Crippen molar-refractivity contribution in [3.05, 3.63) is 52.8 Å². The number of amides is 1. The number of hydrogen-bond acceptors (Lipinski definition) is 6. The number of halogens is 1. The number of ether oxygens (including phenoxy) is 1. The number of carbonyl (C=O) groups excluding carboxylic acids is 1.